The summed E-state index contributed by atoms with van der Waals surface area (Å²) in [6, 6.07) is 7.22. The van der Waals surface area contributed by atoms with E-state index in [0.717, 1.165) is 0 Å². The fraction of sp³-hybridized carbons (Fsp3) is 0.231. The second-order valence-corrected chi connectivity index (χ2v) is 4.25. The molecule has 20 heavy (non-hydrogen) atoms. The summed E-state index contributed by atoms with van der Waals surface area (Å²) in [5, 5.41) is 15.2. The van der Waals surface area contributed by atoms with Crippen LogP contribution in [0.3, 0.4) is 0 Å². The van der Waals surface area contributed by atoms with E-state index < -0.39 is 17.9 Å². The van der Waals surface area contributed by atoms with Crippen molar-refractivity contribution in [3.8, 4) is 0 Å². The molecular formula is C13H13N3O4. The predicted octanol–water partition coefficient (Wildman–Crippen LogP) is 0.194. The molecule has 7 nitrogen and oxygen atoms in total. The molecule has 1 aromatic carbocycles. The van der Waals surface area contributed by atoms with E-state index in [1.54, 1.807) is 30.3 Å². The van der Waals surface area contributed by atoms with E-state index in [4.69, 9.17) is 0 Å². The fourth-order valence-corrected chi connectivity index (χ4v) is 1.79. The zero-order valence-electron chi connectivity index (χ0n) is 10.5. The maximum absolute atomic E-state index is 11.9. The highest BCUT2D eigenvalue weighted by Crippen LogP contribution is 2.13. The van der Waals surface area contributed by atoms with Crippen molar-refractivity contribution in [3.05, 3.63) is 35.9 Å². The lowest BCUT2D eigenvalue weighted by molar-refractivity contribution is -0.141. The summed E-state index contributed by atoms with van der Waals surface area (Å²) in [4.78, 5) is 34.1. The molecule has 1 heterocycles. The van der Waals surface area contributed by atoms with Crippen molar-refractivity contribution in [1.82, 2.24) is 10.7 Å². The number of rotatable bonds is 4. The Labute approximate surface area is 114 Å². The Bertz CT molecular complexity index is 568. The van der Waals surface area contributed by atoms with Gasteiger partial charge in [-0.3, -0.25) is 9.59 Å². The maximum atomic E-state index is 11.9. The summed E-state index contributed by atoms with van der Waals surface area (Å²) in [5.41, 5.74) is 2.78. The first-order valence-electron chi connectivity index (χ1n) is 6.02. The van der Waals surface area contributed by atoms with Crippen molar-refractivity contribution in [2.45, 2.75) is 18.9 Å². The van der Waals surface area contributed by atoms with Crippen LogP contribution >= 0.6 is 0 Å². The Morgan fingerprint density at radius 2 is 1.95 bits per heavy atom. The van der Waals surface area contributed by atoms with Crippen LogP contribution in [-0.4, -0.2) is 28.6 Å². The van der Waals surface area contributed by atoms with E-state index >= 15 is 0 Å². The van der Waals surface area contributed by atoms with Crippen molar-refractivity contribution in [1.29, 1.82) is 0 Å². The Kier molecular flexibility index (Phi) is 4.09. The van der Waals surface area contributed by atoms with Gasteiger partial charge in [-0.2, -0.15) is 5.10 Å². The molecule has 0 bridgehead atoms. The molecule has 1 aliphatic heterocycles. The van der Waals surface area contributed by atoms with Crippen LogP contribution in [0.15, 0.2) is 35.4 Å². The van der Waals surface area contributed by atoms with E-state index in [2.05, 4.69) is 15.8 Å². The van der Waals surface area contributed by atoms with Gasteiger partial charge in [0.2, 0.25) is 5.91 Å². The SMILES string of the molecule is O=C1CCC(C(=O)N[C@H](C(=O)O)c2ccccc2)=NN1. The Balaban J connectivity index is 2.11. The molecule has 2 amide bonds. The minimum atomic E-state index is -1.16. The molecule has 0 radical (unpaired) electrons. The summed E-state index contributed by atoms with van der Waals surface area (Å²) in [7, 11) is 0. The Morgan fingerprint density at radius 1 is 1.25 bits per heavy atom. The van der Waals surface area contributed by atoms with Gasteiger partial charge in [-0.15, -0.1) is 0 Å². The molecule has 1 aromatic rings. The first-order chi connectivity index (χ1) is 9.58. The van der Waals surface area contributed by atoms with E-state index in [1.807, 2.05) is 0 Å². The van der Waals surface area contributed by atoms with Gasteiger partial charge in [0, 0.05) is 12.8 Å². The lowest BCUT2D eigenvalue weighted by Gasteiger charge is -2.17. The number of hydrogen-bond donors (Lipinski definition) is 3. The van der Waals surface area contributed by atoms with Crippen molar-refractivity contribution in [2.24, 2.45) is 5.10 Å². The number of carbonyl (C=O) groups excluding carboxylic acids is 2. The molecule has 0 aliphatic carbocycles. The van der Waals surface area contributed by atoms with E-state index in [-0.39, 0.29) is 24.5 Å². The third-order valence-corrected chi connectivity index (χ3v) is 2.82. The van der Waals surface area contributed by atoms with Gasteiger partial charge in [0.15, 0.2) is 6.04 Å². The average molecular weight is 275 g/mol. The van der Waals surface area contributed by atoms with Crippen molar-refractivity contribution in [3.63, 3.8) is 0 Å². The number of amides is 2. The van der Waals surface area contributed by atoms with Gasteiger partial charge < -0.3 is 10.4 Å². The number of benzene rings is 1. The van der Waals surface area contributed by atoms with Gasteiger partial charge in [0.25, 0.3) is 5.91 Å². The highest BCUT2D eigenvalue weighted by Gasteiger charge is 2.25. The molecule has 1 aliphatic rings. The molecular weight excluding hydrogens is 262 g/mol. The summed E-state index contributed by atoms with van der Waals surface area (Å²) in [5.74, 6) is -2.02. The molecule has 2 rings (SSSR count). The minimum Gasteiger partial charge on any atom is -0.479 e. The summed E-state index contributed by atoms with van der Waals surface area (Å²) >= 11 is 0. The highest BCUT2D eigenvalue weighted by molar-refractivity contribution is 6.39. The van der Waals surface area contributed by atoms with Crippen LogP contribution in [0.4, 0.5) is 0 Å². The van der Waals surface area contributed by atoms with Gasteiger partial charge >= 0.3 is 5.97 Å². The number of carboxylic acid groups (broad SMARTS) is 1. The average Bonchev–Trinajstić information content (AvgIpc) is 2.46. The molecule has 0 unspecified atom stereocenters. The molecule has 0 fully saturated rings. The molecule has 0 spiro atoms. The minimum absolute atomic E-state index is 0.117. The third-order valence-electron chi connectivity index (χ3n) is 2.82. The van der Waals surface area contributed by atoms with Crippen LogP contribution in [0.25, 0.3) is 0 Å². The second kappa shape index (κ2) is 5.96. The van der Waals surface area contributed by atoms with Crippen molar-refractivity contribution < 1.29 is 19.5 Å². The van der Waals surface area contributed by atoms with Gasteiger partial charge in [0.05, 0.1) is 0 Å². The number of nitrogens with one attached hydrogen (secondary N) is 2. The van der Waals surface area contributed by atoms with Crippen LogP contribution in [0.1, 0.15) is 24.4 Å². The normalized spacial score (nSPS) is 15.8. The van der Waals surface area contributed by atoms with Crippen LogP contribution in [-0.2, 0) is 14.4 Å². The maximum Gasteiger partial charge on any atom is 0.330 e. The van der Waals surface area contributed by atoms with E-state index in [1.165, 1.54) is 0 Å². The Hall–Kier alpha value is -2.70. The standard InChI is InChI=1S/C13H13N3O4/c17-10-7-6-9(15-16-10)12(18)14-11(13(19)20)8-4-2-1-3-5-8/h1-5,11H,6-7H2,(H,14,18)(H,16,17)(H,19,20)/t11-/m0/s1. The monoisotopic (exact) mass is 275 g/mol. The quantitative estimate of drug-likeness (QED) is 0.729. The van der Waals surface area contributed by atoms with E-state index in [0.29, 0.717) is 5.56 Å². The summed E-state index contributed by atoms with van der Waals surface area (Å²) in [6.07, 6.45) is 0.355. The number of nitrogens with zero attached hydrogens (tertiary/aromatic N) is 1. The van der Waals surface area contributed by atoms with Crippen LogP contribution < -0.4 is 10.7 Å². The van der Waals surface area contributed by atoms with Crippen molar-refractivity contribution >= 4 is 23.5 Å². The zero-order chi connectivity index (χ0) is 14.5. The first kappa shape index (κ1) is 13.7. The number of hydrogen-bond acceptors (Lipinski definition) is 4. The lowest BCUT2D eigenvalue weighted by atomic mass is 10.1. The lowest BCUT2D eigenvalue weighted by Crippen LogP contribution is -2.41. The zero-order valence-corrected chi connectivity index (χ0v) is 10.5. The summed E-state index contributed by atoms with van der Waals surface area (Å²) in [6.45, 7) is 0. The number of hydrazone groups is 1. The topological polar surface area (TPSA) is 108 Å². The van der Waals surface area contributed by atoms with Crippen LogP contribution in [0.2, 0.25) is 0 Å². The molecule has 7 heteroatoms. The first-order valence-corrected chi connectivity index (χ1v) is 6.02. The van der Waals surface area contributed by atoms with E-state index in [9.17, 15) is 19.5 Å². The molecule has 0 saturated carbocycles. The fourth-order valence-electron chi connectivity index (χ4n) is 1.79. The molecule has 0 saturated heterocycles. The van der Waals surface area contributed by atoms with Crippen molar-refractivity contribution in [2.75, 3.05) is 0 Å². The molecule has 1 atom stereocenters. The molecule has 3 N–H and O–H groups in total. The van der Waals surface area contributed by atoms with Gasteiger partial charge in [-0.05, 0) is 5.56 Å². The van der Waals surface area contributed by atoms with Crippen LogP contribution in [0, 0.1) is 0 Å². The number of carboxylic acids is 1. The Morgan fingerprint density at radius 3 is 2.50 bits per heavy atom. The smallest absolute Gasteiger partial charge is 0.330 e. The number of aliphatic carboxylic acids is 1. The molecule has 0 aromatic heterocycles. The second-order valence-electron chi connectivity index (χ2n) is 4.25. The number of carbonyl (C=O) groups is 3. The highest BCUT2D eigenvalue weighted by atomic mass is 16.4. The summed E-state index contributed by atoms with van der Waals surface area (Å²) < 4.78 is 0. The van der Waals surface area contributed by atoms with Gasteiger partial charge in [-0.1, -0.05) is 30.3 Å². The van der Waals surface area contributed by atoms with Gasteiger partial charge in [-0.25, -0.2) is 10.2 Å². The predicted molar refractivity (Wildman–Crippen MR) is 69.8 cm³/mol. The largest absolute Gasteiger partial charge is 0.479 e. The molecule has 104 valence electrons. The third kappa shape index (κ3) is 3.19. The van der Waals surface area contributed by atoms with Crippen LogP contribution in [0.5, 0.6) is 0 Å². The van der Waals surface area contributed by atoms with Gasteiger partial charge in [0.1, 0.15) is 5.71 Å².